The summed E-state index contributed by atoms with van der Waals surface area (Å²) in [5, 5.41) is 22.9. The van der Waals surface area contributed by atoms with Crippen molar-refractivity contribution in [3.63, 3.8) is 0 Å². The number of oxime groups is 1. The van der Waals surface area contributed by atoms with E-state index in [1.165, 1.54) is 0 Å². The Morgan fingerprint density at radius 1 is 1.61 bits per heavy atom. The van der Waals surface area contributed by atoms with Crippen molar-refractivity contribution in [3.8, 4) is 0 Å². The van der Waals surface area contributed by atoms with Gasteiger partial charge in [-0.1, -0.05) is 12.1 Å². The van der Waals surface area contributed by atoms with Crippen molar-refractivity contribution in [2.24, 2.45) is 16.8 Å². The molecule has 0 saturated carbocycles. The van der Waals surface area contributed by atoms with E-state index in [1.807, 2.05) is 18.9 Å². The molecule has 96 valence electrons. The molecule has 0 saturated heterocycles. The molecule has 9 heteroatoms. The van der Waals surface area contributed by atoms with Gasteiger partial charge in [0.25, 0.3) is 0 Å². The summed E-state index contributed by atoms with van der Waals surface area (Å²) in [7, 11) is 1.86. The number of aromatic nitrogens is 5. The second kappa shape index (κ2) is 4.82. The van der Waals surface area contributed by atoms with Crippen molar-refractivity contribution in [1.82, 2.24) is 25.0 Å². The van der Waals surface area contributed by atoms with Crippen LogP contribution in [0.5, 0.6) is 0 Å². The van der Waals surface area contributed by atoms with Crippen molar-refractivity contribution in [2.75, 3.05) is 18.5 Å². The van der Waals surface area contributed by atoms with Gasteiger partial charge in [0.1, 0.15) is 5.84 Å². The van der Waals surface area contributed by atoms with Gasteiger partial charge in [-0.05, 0) is 10.4 Å². The Hall–Kier alpha value is -2.45. The lowest BCUT2D eigenvalue weighted by atomic mass is 10.1. The molecule has 18 heavy (non-hydrogen) atoms. The van der Waals surface area contributed by atoms with E-state index in [9.17, 15) is 0 Å². The fourth-order valence-electron chi connectivity index (χ4n) is 1.62. The molecule has 0 spiro atoms. The van der Waals surface area contributed by atoms with Crippen LogP contribution in [0.25, 0.3) is 5.65 Å². The highest BCUT2D eigenvalue weighted by atomic mass is 16.4. The fraction of sp³-hybridized carbons (Fsp3) is 0.444. The highest BCUT2D eigenvalue weighted by Gasteiger charge is 2.14. The summed E-state index contributed by atoms with van der Waals surface area (Å²) >= 11 is 0. The van der Waals surface area contributed by atoms with E-state index in [2.05, 4.69) is 25.7 Å². The van der Waals surface area contributed by atoms with Crippen LogP contribution in [0, 0.1) is 5.92 Å². The van der Waals surface area contributed by atoms with E-state index in [4.69, 9.17) is 10.9 Å². The van der Waals surface area contributed by atoms with Gasteiger partial charge in [-0.2, -0.15) is 4.52 Å². The summed E-state index contributed by atoms with van der Waals surface area (Å²) in [5.74, 6) is 0.806. The van der Waals surface area contributed by atoms with Crippen LogP contribution in [0.2, 0.25) is 0 Å². The van der Waals surface area contributed by atoms with Crippen molar-refractivity contribution >= 4 is 17.3 Å². The van der Waals surface area contributed by atoms with Crippen LogP contribution in [0.4, 0.5) is 5.82 Å². The summed E-state index contributed by atoms with van der Waals surface area (Å²) in [6.45, 7) is 2.41. The predicted molar refractivity (Wildman–Crippen MR) is 64.4 cm³/mol. The topological polar surface area (TPSA) is 118 Å². The zero-order valence-electron chi connectivity index (χ0n) is 10.1. The molecule has 0 aliphatic carbocycles. The summed E-state index contributed by atoms with van der Waals surface area (Å²) in [6, 6.07) is 0. The zero-order chi connectivity index (χ0) is 13.1. The molecular weight excluding hydrogens is 236 g/mol. The third kappa shape index (κ3) is 2.14. The minimum Gasteiger partial charge on any atom is -0.409 e. The van der Waals surface area contributed by atoms with Gasteiger partial charge in [0.05, 0.1) is 12.4 Å². The van der Waals surface area contributed by atoms with Gasteiger partial charge in [-0.3, -0.25) is 4.98 Å². The van der Waals surface area contributed by atoms with Crippen LogP contribution in [0.3, 0.4) is 0 Å². The summed E-state index contributed by atoms with van der Waals surface area (Å²) in [5.41, 5.74) is 6.11. The van der Waals surface area contributed by atoms with Crippen LogP contribution >= 0.6 is 0 Å². The van der Waals surface area contributed by atoms with Gasteiger partial charge >= 0.3 is 0 Å². The molecule has 2 rings (SSSR count). The van der Waals surface area contributed by atoms with Crippen molar-refractivity contribution in [1.29, 1.82) is 0 Å². The maximum atomic E-state index is 8.62. The first kappa shape index (κ1) is 12.0. The number of nitrogens with zero attached hydrogens (tertiary/aromatic N) is 7. The maximum Gasteiger partial charge on any atom is 0.199 e. The molecule has 2 aromatic heterocycles. The Morgan fingerprint density at radius 2 is 2.39 bits per heavy atom. The molecule has 2 heterocycles. The summed E-state index contributed by atoms with van der Waals surface area (Å²) in [6.07, 6.45) is 3.23. The molecular formula is C9H14N8O. The molecule has 1 unspecified atom stereocenters. The largest absolute Gasteiger partial charge is 0.409 e. The highest BCUT2D eigenvalue weighted by Crippen LogP contribution is 2.12. The van der Waals surface area contributed by atoms with Gasteiger partial charge in [0, 0.05) is 19.5 Å². The van der Waals surface area contributed by atoms with Crippen LogP contribution in [0.1, 0.15) is 6.92 Å². The monoisotopic (exact) mass is 250 g/mol. The van der Waals surface area contributed by atoms with Gasteiger partial charge in [-0.15, -0.1) is 5.10 Å². The Kier molecular flexibility index (Phi) is 3.22. The molecule has 0 amide bonds. The van der Waals surface area contributed by atoms with Crippen LogP contribution < -0.4 is 10.6 Å². The lowest BCUT2D eigenvalue weighted by molar-refractivity contribution is 0.314. The van der Waals surface area contributed by atoms with E-state index < -0.39 is 0 Å². The lowest BCUT2D eigenvalue weighted by Gasteiger charge is -2.22. The van der Waals surface area contributed by atoms with Crippen molar-refractivity contribution < 1.29 is 5.21 Å². The first-order valence-electron chi connectivity index (χ1n) is 5.34. The van der Waals surface area contributed by atoms with Crippen molar-refractivity contribution in [3.05, 3.63) is 12.4 Å². The zero-order valence-corrected chi connectivity index (χ0v) is 10.1. The average molecular weight is 250 g/mol. The molecule has 0 aliphatic heterocycles. The number of anilines is 1. The summed E-state index contributed by atoms with van der Waals surface area (Å²) in [4.78, 5) is 5.95. The normalized spacial score (nSPS) is 13.8. The highest BCUT2D eigenvalue weighted by molar-refractivity contribution is 5.82. The molecule has 0 fully saturated rings. The van der Waals surface area contributed by atoms with E-state index in [1.54, 1.807) is 16.9 Å². The van der Waals surface area contributed by atoms with Crippen LogP contribution in [0.15, 0.2) is 17.5 Å². The quantitative estimate of drug-likeness (QED) is 0.320. The summed E-state index contributed by atoms with van der Waals surface area (Å²) < 4.78 is 1.58. The maximum absolute atomic E-state index is 8.62. The number of hydrogen-bond acceptors (Lipinski definition) is 7. The Bertz CT molecular complexity index is 564. The number of fused-ring (bicyclic) bond motifs is 1. The SMILES string of the molecule is CC(CN(C)c1cncc2nnnn12)C(N)=NO. The number of amidine groups is 1. The standard InChI is InChI=1S/C9H14N8O/c1-6(9(10)13-18)5-16(2)8-4-11-3-7-12-14-15-17(7)8/h3-4,6,18H,5H2,1-2H3,(H2,10,13). The lowest BCUT2D eigenvalue weighted by Crippen LogP contribution is -2.33. The van der Waals surface area contributed by atoms with Crippen molar-refractivity contribution in [2.45, 2.75) is 6.92 Å². The minimum absolute atomic E-state index is 0.105. The van der Waals surface area contributed by atoms with Gasteiger partial charge < -0.3 is 15.8 Å². The number of tetrazole rings is 1. The van der Waals surface area contributed by atoms with Crippen LogP contribution in [-0.4, -0.2) is 49.7 Å². The van der Waals surface area contributed by atoms with Gasteiger partial charge in [0.2, 0.25) is 0 Å². The number of rotatable bonds is 4. The smallest absolute Gasteiger partial charge is 0.199 e. The predicted octanol–water partition coefficient (Wildman–Crippen LogP) is -0.662. The molecule has 0 aliphatic rings. The Labute approximate surface area is 103 Å². The third-order valence-corrected chi connectivity index (χ3v) is 2.65. The number of nitrogens with two attached hydrogens (primary N) is 1. The Balaban J connectivity index is 2.23. The van der Waals surface area contributed by atoms with E-state index in [-0.39, 0.29) is 11.8 Å². The van der Waals surface area contributed by atoms with Gasteiger partial charge in [-0.25, -0.2) is 0 Å². The molecule has 1 atom stereocenters. The first-order chi connectivity index (χ1) is 8.63. The molecule has 9 nitrogen and oxygen atoms in total. The Morgan fingerprint density at radius 3 is 3.11 bits per heavy atom. The molecule has 0 bridgehead atoms. The second-order valence-electron chi connectivity index (χ2n) is 4.02. The third-order valence-electron chi connectivity index (χ3n) is 2.65. The molecule has 2 aromatic rings. The molecule has 0 aromatic carbocycles. The molecule has 3 N–H and O–H groups in total. The van der Waals surface area contributed by atoms with Crippen LogP contribution in [-0.2, 0) is 0 Å². The average Bonchev–Trinajstić information content (AvgIpc) is 2.85. The number of hydrogen-bond donors (Lipinski definition) is 2. The van der Waals surface area contributed by atoms with E-state index in [0.717, 1.165) is 5.82 Å². The van der Waals surface area contributed by atoms with E-state index in [0.29, 0.717) is 12.2 Å². The van der Waals surface area contributed by atoms with Gasteiger partial charge in [0.15, 0.2) is 11.5 Å². The minimum atomic E-state index is -0.105. The first-order valence-corrected chi connectivity index (χ1v) is 5.34. The fourth-order valence-corrected chi connectivity index (χ4v) is 1.62. The van der Waals surface area contributed by atoms with E-state index >= 15 is 0 Å². The molecule has 0 radical (unpaired) electrons. The second-order valence-corrected chi connectivity index (χ2v) is 4.02.